The zero-order valence-electron chi connectivity index (χ0n) is 14.6. The van der Waals surface area contributed by atoms with Gasteiger partial charge in [-0.15, -0.1) is 0 Å². The number of carboxylic acids is 1. The van der Waals surface area contributed by atoms with Gasteiger partial charge in [0.2, 0.25) is 0 Å². The minimum Gasteiger partial charge on any atom is -0.478 e. The molecule has 0 aliphatic heterocycles. The van der Waals surface area contributed by atoms with Crippen molar-refractivity contribution in [1.82, 2.24) is 0 Å². The summed E-state index contributed by atoms with van der Waals surface area (Å²) in [6, 6.07) is 22.3. The summed E-state index contributed by atoms with van der Waals surface area (Å²) in [6.07, 6.45) is 0. The number of hydrogen-bond donors (Lipinski definition) is 2. The number of nitrogens with zero attached hydrogens (tertiary/aromatic N) is 1. The summed E-state index contributed by atoms with van der Waals surface area (Å²) < 4.78 is 0. The SMILES string of the molecule is N#CC(c1ccccc1)c1ccc(NC(=O)c2ccccc2C(=O)O)cc1Cl. The van der Waals surface area contributed by atoms with E-state index in [4.69, 9.17) is 11.6 Å². The Balaban J connectivity index is 1.86. The van der Waals surface area contributed by atoms with E-state index in [0.717, 1.165) is 5.56 Å². The average Bonchev–Trinajstić information content (AvgIpc) is 2.71. The third kappa shape index (κ3) is 4.03. The number of anilines is 1. The molecule has 5 nitrogen and oxygen atoms in total. The van der Waals surface area contributed by atoms with Crippen molar-refractivity contribution in [3.05, 3.63) is 100 Å². The fourth-order valence-corrected chi connectivity index (χ4v) is 3.16. The molecule has 0 saturated heterocycles. The molecule has 1 amide bonds. The molecule has 0 saturated carbocycles. The molecule has 3 rings (SSSR count). The minimum absolute atomic E-state index is 0.0504. The molecule has 138 valence electrons. The van der Waals surface area contributed by atoms with Gasteiger partial charge in [-0.1, -0.05) is 60.1 Å². The fourth-order valence-electron chi connectivity index (χ4n) is 2.87. The van der Waals surface area contributed by atoms with Crippen LogP contribution in [-0.2, 0) is 0 Å². The lowest BCUT2D eigenvalue weighted by Gasteiger charge is -2.14. The molecule has 0 radical (unpaired) electrons. The van der Waals surface area contributed by atoms with E-state index in [-0.39, 0.29) is 11.1 Å². The van der Waals surface area contributed by atoms with Gasteiger partial charge in [0.25, 0.3) is 5.91 Å². The zero-order valence-corrected chi connectivity index (χ0v) is 15.4. The van der Waals surface area contributed by atoms with Crippen LogP contribution < -0.4 is 5.32 Å². The number of halogens is 1. The second kappa shape index (κ2) is 8.38. The van der Waals surface area contributed by atoms with Crippen molar-refractivity contribution >= 4 is 29.2 Å². The van der Waals surface area contributed by atoms with Crippen molar-refractivity contribution in [1.29, 1.82) is 5.26 Å². The summed E-state index contributed by atoms with van der Waals surface area (Å²) in [5.41, 5.74) is 1.81. The molecule has 28 heavy (non-hydrogen) atoms. The molecule has 3 aromatic carbocycles. The van der Waals surface area contributed by atoms with E-state index in [2.05, 4.69) is 11.4 Å². The van der Waals surface area contributed by atoms with Gasteiger partial charge in [-0.3, -0.25) is 4.79 Å². The topological polar surface area (TPSA) is 90.2 Å². The lowest BCUT2D eigenvalue weighted by molar-refractivity contribution is 0.0692. The number of carbonyl (C=O) groups is 2. The van der Waals surface area contributed by atoms with Crippen LogP contribution in [0.25, 0.3) is 0 Å². The van der Waals surface area contributed by atoms with Crippen molar-refractivity contribution < 1.29 is 14.7 Å². The van der Waals surface area contributed by atoms with Crippen LogP contribution in [0.1, 0.15) is 37.8 Å². The fraction of sp³-hybridized carbons (Fsp3) is 0.0455. The molecular weight excluding hydrogens is 376 g/mol. The number of carboxylic acid groups (broad SMARTS) is 1. The van der Waals surface area contributed by atoms with Crippen molar-refractivity contribution in [3.63, 3.8) is 0 Å². The first-order chi connectivity index (χ1) is 13.5. The first-order valence-corrected chi connectivity index (χ1v) is 8.76. The van der Waals surface area contributed by atoms with Gasteiger partial charge in [0.15, 0.2) is 0 Å². The molecule has 0 bridgehead atoms. The Morgan fingerprint density at radius 2 is 1.61 bits per heavy atom. The Hall–Kier alpha value is -3.62. The van der Waals surface area contributed by atoms with E-state index >= 15 is 0 Å². The molecule has 1 unspecified atom stereocenters. The van der Waals surface area contributed by atoms with Gasteiger partial charge in [-0.2, -0.15) is 5.26 Å². The molecule has 0 aliphatic rings. The number of rotatable bonds is 5. The van der Waals surface area contributed by atoms with Gasteiger partial charge in [0.1, 0.15) is 0 Å². The number of nitriles is 1. The highest BCUT2D eigenvalue weighted by Gasteiger charge is 2.19. The Bertz CT molecular complexity index is 1070. The van der Waals surface area contributed by atoms with Crippen LogP contribution in [0.3, 0.4) is 0 Å². The molecule has 0 aliphatic carbocycles. The number of nitrogens with one attached hydrogen (secondary N) is 1. The normalized spacial score (nSPS) is 11.3. The van der Waals surface area contributed by atoms with Crippen LogP contribution in [0, 0.1) is 11.3 Å². The second-order valence-corrected chi connectivity index (χ2v) is 6.42. The summed E-state index contributed by atoms with van der Waals surface area (Å²) in [7, 11) is 0. The molecule has 3 aromatic rings. The highest BCUT2D eigenvalue weighted by molar-refractivity contribution is 6.32. The number of aromatic carboxylic acids is 1. The Morgan fingerprint density at radius 1 is 0.964 bits per heavy atom. The molecule has 2 N–H and O–H groups in total. The third-order valence-electron chi connectivity index (χ3n) is 4.23. The quantitative estimate of drug-likeness (QED) is 0.645. The summed E-state index contributed by atoms with van der Waals surface area (Å²) in [5, 5.41) is 21.8. The third-order valence-corrected chi connectivity index (χ3v) is 4.56. The molecule has 1 atom stereocenters. The molecule has 0 aromatic heterocycles. The van der Waals surface area contributed by atoms with Crippen molar-refractivity contribution in [3.8, 4) is 6.07 Å². The van der Waals surface area contributed by atoms with E-state index in [0.29, 0.717) is 16.3 Å². The van der Waals surface area contributed by atoms with Gasteiger partial charge >= 0.3 is 5.97 Å². The average molecular weight is 391 g/mol. The molecule has 0 fully saturated rings. The molecular formula is C22H15ClN2O3. The maximum atomic E-state index is 12.5. The Kier molecular flexibility index (Phi) is 5.73. The number of amides is 1. The first kappa shape index (κ1) is 19.2. The van der Waals surface area contributed by atoms with Crippen LogP contribution in [0.15, 0.2) is 72.8 Å². The van der Waals surface area contributed by atoms with Crippen LogP contribution in [0.5, 0.6) is 0 Å². The van der Waals surface area contributed by atoms with Crippen LogP contribution in [0.2, 0.25) is 5.02 Å². The van der Waals surface area contributed by atoms with E-state index in [9.17, 15) is 20.0 Å². The summed E-state index contributed by atoms with van der Waals surface area (Å²) in [4.78, 5) is 23.8. The van der Waals surface area contributed by atoms with E-state index in [1.807, 2.05) is 30.3 Å². The standard InChI is InChI=1S/C22H15ClN2O3/c23-20-12-15(25-21(26)17-8-4-5-9-18(17)22(27)28)10-11-16(20)19(13-24)14-6-2-1-3-7-14/h1-12,19H,(H,25,26)(H,27,28). The molecule has 0 spiro atoms. The highest BCUT2D eigenvalue weighted by atomic mass is 35.5. The lowest BCUT2D eigenvalue weighted by Crippen LogP contribution is -2.16. The number of benzene rings is 3. The van der Waals surface area contributed by atoms with Crippen LogP contribution >= 0.6 is 11.6 Å². The maximum absolute atomic E-state index is 12.5. The number of hydrogen-bond acceptors (Lipinski definition) is 3. The van der Waals surface area contributed by atoms with Crippen LogP contribution in [-0.4, -0.2) is 17.0 Å². The Labute approximate surface area is 166 Å². The summed E-state index contributed by atoms with van der Waals surface area (Å²) >= 11 is 6.37. The van der Waals surface area contributed by atoms with Gasteiger partial charge in [0, 0.05) is 10.7 Å². The van der Waals surface area contributed by atoms with E-state index < -0.39 is 17.8 Å². The lowest BCUT2D eigenvalue weighted by atomic mass is 9.92. The highest BCUT2D eigenvalue weighted by Crippen LogP contribution is 2.32. The smallest absolute Gasteiger partial charge is 0.336 e. The largest absolute Gasteiger partial charge is 0.478 e. The number of carbonyl (C=O) groups excluding carboxylic acids is 1. The maximum Gasteiger partial charge on any atom is 0.336 e. The molecule has 6 heteroatoms. The van der Waals surface area contributed by atoms with Gasteiger partial charge in [-0.25, -0.2) is 4.79 Å². The van der Waals surface area contributed by atoms with E-state index in [1.54, 1.807) is 30.3 Å². The van der Waals surface area contributed by atoms with Crippen molar-refractivity contribution in [2.24, 2.45) is 0 Å². The van der Waals surface area contributed by atoms with Crippen molar-refractivity contribution in [2.45, 2.75) is 5.92 Å². The molecule has 0 heterocycles. The van der Waals surface area contributed by atoms with Gasteiger partial charge in [0.05, 0.1) is 23.1 Å². The predicted octanol–water partition coefficient (Wildman–Crippen LogP) is 4.95. The first-order valence-electron chi connectivity index (χ1n) is 8.39. The summed E-state index contributed by atoms with van der Waals surface area (Å²) in [6.45, 7) is 0. The van der Waals surface area contributed by atoms with E-state index in [1.165, 1.54) is 12.1 Å². The Morgan fingerprint density at radius 3 is 2.21 bits per heavy atom. The predicted molar refractivity (Wildman–Crippen MR) is 107 cm³/mol. The summed E-state index contributed by atoms with van der Waals surface area (Å²) in [5.74, 6) is -2.27. The second-order valence-electron chi connectivity index (χ2n) is 6.01. The minimum atomic E-state index is -1.18. The van der Waals surface area contributed by atoms with Gasteiger partial charge in [-0.05, 0) is 35.4 Å². The van der Waals surface area contributed by atoms with Crippen molar-refractivity contribution in [2.75, 3.05) is 5.32 Å². The monoisotopic (exact) mass is 390 g/mol. The van der Waals surface area contributed by atoms with Crippen LogP contribution in [0.4, 0.5) is 5.69 Å². The van der Waals surface area contributed by atoms with Gasteiger partial charge < -0.3 is 10.4 Å². The zero-order chi connectivity index (χ0) is 20.1.